The molecule has 0 saturated heterocycles. The van der Waals surface area contributed by atoms with Crippen LogP contribution in [0.25, 0.3) is 0 Å². The van der Waals surface area contributed by atoms with Crippen molar-refractivity contribution in [1.82, 2.24) is 0 Å². The van der Waals surface area contributed by atoms with Gasteiger partial charge in [-0.15, -0.1) is 0 Å². The van der Waals surface area contributed by atoms with Gasteiger partial charge in [-0.05, 0) is 24.3 Å². The summed E-state index contributed by atoms with van der Waals surface area (Å²) in [5.41, 5.74) is 1.45. The average molecular weight is 333 g/mol. The van der Waals surface area contributed by atoms with Gasteiger partial charge in [-0.25, -0.2) is 4.39 Å². The molecule has 1 amide bonds. The SMILES string of the molecule is C[NH+](CC(=O)Nc1ccc(C#N)c(Cl)c1)Cc1ccccc1F. The van der Waals surface area contributed by atoms with Crippen molar-refractivity contribution < 1.29 is 14.1 Å². The van der Waals surface area contributed by atoms with Crippen LogP contribution < -0.4 is 10.2 Å². The van der Waals surface area contributed by atoms with Crippen molar-refractivity contribution >= 4 is 23.2 Å². The number of likely N-dealkylation sites (N-methyl/N-ethyl adjacent to an activating group) is 1. The first-order valence-corrected chi connectivity index (χ1v) is 7.41. The number of nitriles is 1. The molecule has 0 saturated carbocycles. The molecular weight excluding hydrogens is 317 g/mol. The number of rotatable bonds is 5. The Morgan fingerprint density at radius 1 is 1.35 bits per heavy atom. The molecule has 2 N–H and O–H groups in total. The molecule has 2 rings (SSSR count). The van der Waals surface area contributed by atoms with Gasteiger partial charge in [0.1, 0.15) is 18.4 Å². The van der Waals surface area contributed by atoms with Gasteiger partial charge in [0.2, 0.25) is 0 Å². The van der Waals surface area contributed by atoms with E-state index in [0.717, 1.165) is 4.90 Å². The van der Waals surface area contributed by atoms with E-state index in [-0.39, 0.29) is 23.3 Å². The van der Waals surface area contributed by atoms with Crippen LogP contribution in [0.3, 0.4) is 0 Å². The van der Waals surface area contributed by atoms with E-state index in [1.165, 1.54) is 12.1 Å². The minimum absolute atomic E-state index is 0.186. The third kappa shape index (κ3) is 4.78. The maximum absolute atomic E-state index is 13.6. The molecule has 2 aromatic carbocycles. The van der Waals surface area contributed by atoms with E-state index in [4.69, 9.17) is 16.9 Å². The molecule has 0 aromatic heterocycles. The lowest BCUT2D eigenvalue weighted by atomic mass is 10.2. The highest BCUT2D eigenvalue weighted by molar-refractivity contribution is 6.32. The summed E-state index contributed by atoms with van der Waals surface area (Å²) in [6, 6.07) is 13.2. The number of hydrogen-bond donors (Lipinski definition) is 2. The first-order valence-electron chi connectivity index (χ1n) is 7.04. The van der Waals surface area contributed by atoms with Crippen LogP contribution in [0.1, 0.15) is 11.1 Å². The number of nitrogens with zero attached hydrogens (tertiary/aromatic N) is 1. The summed E-state index contributed by atoms with van der Waals surface area (Å²) in [4.78, 5) is 12.9. The molecular formula is C17H16ClFN3O+. The smallest absolute Gasteiger partial charge is 0.279 e. The summed E-state index contributed by atoms with van der Waals surface area (Å²) in [6.45, 7) is 0.597. The summed E-state index contributed by atoms with van der Waals surface area (Å²) < 4.78 is 13.6. The Balaban J connectivity index is 1.93. The topological polar surface area (TPSA) is 57.3 Å². The molecule has 23 heavy (non-hydrogen) atoms. The predicted octanol–water partition coefficient (Wildman–Crippen LogP) is 2.00. The van der Waals surface area contributed by atoms with E-state index >= 15 is 0 Å². The van der Waals surface area contributed by atoms with Crippen molar-refractivity contribution in [2.24, 2.45) is 0 Å². The van der Waals surface area contributed by atoms with E-state index in [0.29, 0.717) is 23.4 Å². The molecule has 0 fully saturated rings. The second-order valence-electron chi connectivity index (χ2n) is 5.26. The molecule has 0 aliphatic rings. The van der Waals surface area contributed by atoms with Crippen LogP contribution in [-0.4, -0.2) is 19.5 Å². The Labute approximate surface area is 139 Å². The summed E-state index contributed by atoms with van der Waals surface area (Å²) in [5.74, 6) is -0.481. The number of benzene rings is 2. The standard InChI is InChI=1S/C17H15ClFN3O/c1-22(10-13-4-2-3-5-16(13)19)11-17(23)21-14-7-6-12(9-20)15(18)8-14/h2-8H,10-11H2,1H3,(H,21,23)/p+1. The molecule has 1 unspecified atom stereocenters. The maximum atomic E-state index is 13.6. The largest absolute Gasteiger partial charge is 0.326 e. The molecule has 2 aromatic rings. The van der Waals surface area contributed by atoms with Crippen LogP contribution in [0.5, 0.6) is 0 Å². The molecule has 4 nitrogen and oxygen atoms in total. The zero-order valence-electron chi connectivity index (χ0n) is 12.6. The van der Waals surface area contributed by atoms with Crippen LogP contribution in [0.2, 0.25) is 5.02 Å². The Kier molecular flexibility index (Phi) is 5.69. The molecule has 6 heteroatoms. The number of amides is 1. The summed E-state index contributed by atoms with van der Waals surface area (Å²) >= 11 is 5.92. The Morgan fingerprint density at radius 3 is 2.74 bits per heavy atom. The molecule has 118 valence electrons. The first kappa shape index (κ1) is 16.9. The number of quaternary nitrogens is 1. The van der Waals surface area contributed by atoms with Gasteiger partial charge >= 0.3 is 0 Å². The molecule has 0 spiro atoms. The van der Waals surface area contributed by atoms with Gasteiger partial charge in [0.15, 0.2) is 6.54 Å². The molecule has 0 aliphatic heterocycles. The summed E-state index contributed by atoms with van der Waals surface area (Å²) in [5, 5.41) is 11.8. The van der Waals surface area contributed by atoms with Crippen molar-refractivity contribution in [2.45, 2.75) is 6.54 Å². The van der Waals surface area contributed by atoms with Gasteiger partial charge in [0, 0.05) is 11.3 Å². The summed E-state index contributed by atoms with van der Waals surface area (Å²) in [7, 11) is 1.82. The van der Waals surface area contributed by atoms with E-state index in [2.05, 4.69) is 5.32 Å². The van der Waals surface area contributed by atoms with Crippen LogP contribution >= 0.6 is 11.6 Å². The molecule has 1 atom stereocenters. The quantitative estimate of drug-likeness (QED) is 0.880. The van der Waals surface area contributed by atoms with Crippen LogP contribution in [0.4, 0.5) is 10.1 Å². The highest BCUT2D eigenvalue weighted by Gasteiger charge is 2.13. The fraction of sp³-hybridized carbons (Fsp3) is 0.176. The van der Waals surface area contributed by atoms with Crippen molar-refractivity contribution in [3.63, 3.8) is 0 Å². The lowest BCUT2D eigenvalue weighted by Crippen LogP contribution is -3.08. The third-order valence-corrected chi connectivity index (χ3v) is 3.60. The van der Waals surface area contributed by atoms with E-state index in [9.17, 15) is 9.18 Å². The van der Waals surface area contributed by atoms with Crippen LogP contribution in [-0.2, 0) is 11.3 Å². The second-order valence-corrected chi connectivity index (χ2v) is 5.66. The van der Waals surface area contributed by atoms with E-state index in [1.54, 1.807) is 30.3 Å². The Morgan fingerprint density at radius 2 is 2.09 bits per heavy atom. The number of carbonyl (C=O) groups excluding carboxylic acids is 1. The Hall–Kier alpha value is -2.42. The zero-order chi connectivity index (χ0) is 16.8. The predicted molar refractivity (Wildman–Crippen MR) is 86.7 cm³/mol. The molecule has 0 aliphatic carbocycles. The minimum Gasteiger partial charge on any atom is -0.326 e. The van der Waals surface area contributed by atoms with Gasteiger partial charge in [-0.3, -0.25) is 4.79 Å². The number of carbonyl (C=O) groups is 1. The van der Waals surface area contributed by atoms with Gasteiger partial charge in [-0.2, -0.15) is 5.26 Å². The van der Waals surface area contributed by atoms with Crippen LogP contribution in [0.15, 0.2) is 42.5 Å². The lowest BCUT2D eigenvalue weighted by molar-refractivity contribution is -0.885. The highest BCUT2D eigenvalue weighted by Crippen LogP contribution is 2.19. The molecule has 0 radical (unpaired) electrons. The second kappa shape index (κ2) is 7.73. The minimum atomic E-state index is -0.272. The number of anilines is 1. The van der Waals surface area contributed by atoms with Crippen LogP contribution in [0, 0.1) is 17.1 Å². The van der Waals surface area contributed by atoms with E-state index in [1.807, 2.05) is 13.1 Å². The van der Waals surface area contributed by atoms with Gasteiger partial charge < -0.3 is 10.2 Å². The molecule has 0 bridgehead atoms. The fourth-order valence-corrected chi connectivity index (χ4v) is 2.41. The normalized spacial score (nSPS) is 11.6. The number of hydrogen-bond acceptors (Lipinski definition) is 2. The first-order chi connectivity index (χ1) is 11.0. The lowest BCUT2D eigenvalue weighted by Gasteiger charge is -2.14. The van der Waals surface area contributed by atoms with Gasteiger partial charge in [0.25, 0.3) is 5.91 Å². The monoisotopic (exact) mass is 332 g/mol. The molecule has 0 heterocycles. The highest BCUT2D eigenvalue weighted by atomic mass is 35.5. The van der Waals surface area contributed by atoms with Crippen molar-refractivity contribution in [3.8, 4) is 6.07 Å². The maximum Gasteiger partial charge on any atom is 0.279 e. The summed E-state index contributed by atoms with van der Waals surface area (Å²) in [6.07, 6.45) is 0. The third-order valence-electron chi connectivity index (χ3n) is 3.29. The van der Waals surface area contributed by atoms with Crippen molar-refractivity contribution in [3.05, 3.63) is 64.4 Å². The average Bonchev–Trinajstić information content (AvgIpc) is 2.49. The van der Waals surface area contributed by atoms with Crippen molar-refractivity contribution in [1.29, 1.82) is 5.26 Å². The van der Waals surface area contributed by atoms with Gasteiger partial charge in [-0.1, -0.05) is 29.8 Å². The fourth-order valence-electron chi connectivity index (χ4n) is 2.19. The van der Waals surface area contributed by atoms with E-state index < -0.39 is 0 Å². The Bertz CT molecular complexity index is 758. The number of nitrogens with one attached hydrogen (secondary N) is 2. The van der Waals surface area contributed by atoms with Crippen molar-refractivity contribution in [2.75, 3.05) is 18.9 Å². The zero-order valence-corrected chi connectivity index (χ0v) is 13.3. The van der Waals surface area contributed by atoms with Gasteiger partial charge in [0.05, 0.1) is 17.6 Å². The number of halogens is 2.